The predicted molar refractivity (Wildman–Crippen MR) is 95.8 cm³/mol. The van der Waals surface area contributed by atoms with E-state index >= 15 is 0 Å². The molecule has 0 aliphatic carbocycles. The molecule has 146 valence electrons. The first kappa shape index (κ1) is 18.1. The van der Waals surface area contributed by atoms with Crippen LogP contribution in [0.4, 0.5) is 4.79 Å². The maximum absolute atomic E-state index is 12.6. The molecule has 1 atom stereocenters. The van der Waals surface area contributed by atoms with Gasteiger partial charge in [0.15, 0.2) is 0 Å². The van der Waals surface area contributed by atoms with Crippen molar-refractivity contribution in [3.05, 3.63) is 30.4 Å². The van der Waals surface area contributed by atoms with Crippen molar-refractivity contribution in [2.45, 2.75) is 18.8 Å². The van der Waals surface area contributed by atoms with Gasteiger partial charge in [0.2, 0.25) is 17.6 Å². The summed E-state index contributed by atoms with van der Waals surface area (Å²) in [4.78, 5) is 49.0. The predicted octanol–water partition coefficient (Wildman–Crippen LogP) is 0.732. The minimum Gasteiger partial charge on any atom is -0.340 e. The third kappa shape index (κ3) is 3.45. The zero-order valence-corrected chi connectivity index (χ0v) is 15.4. The smallest absolute Gasteiger partial charge is 0.327 e. The summed E-state index contributed by atoms with van der Waals surface area (Å²) in [6, 6.07) is 3.20. The van der Waals surface area contributed by atoms with E-state index in [0.29, 0.717) is 24.8 Å². The lowest BCUT2D eigenvalue weighted by atomic mass is 9.98. The van der Waals surface area contributed by atoms with Crippen LogP contribution in [0.15, 0.2) is 29.0 Å². The highest BCUT2D eigenvalue weighted by Crippen LogP contribution is 2.27. The van der Waals surface area contributed by atoms with Crippen LogP contribution in [0.25, 0.3) is 11.4 Å². The molecule has 4 rings (SSSR count). The van der Waals surface area contributed by atoms with Gasteiger partial charge in [0, 0.05) is 38.1 Å². The number of piperidine rings is 1. The summed E-state index contributed by atoms with van der Waals surface area (Å²) in [5.74, 6) is 0.247. The number of likely N-dealkylation sites (N-methyl/N-ethyl adjacent to an activating group) is 1. The van der Waals surface area contributed by atoms with Gasteiger partial charge in [-0.3, -0.25) is 19.5 Å². The van der Waals surface area contributed by atoms with Gasteiger partial charge in [0.05, 0.1) is 5.92 Å². The van der Waals surface area contributed by atoms with Gasteiger partial charge >= 0.3 is 6.03 Å². The van der Waals surface area contributed by atoms with E-state index in [1.807, 2.05) is 6.07 Å². The van der Waals surface area contributed by atoms with Gasteiger partial charge in [0.1, 0.15) is 13.1 Å². The number of amides is 4. The molecule has 0 N–H and O–H groups in total. The first-order chi connectivity index (χ1) is 13.5. The summed E-state index contributed by atoms with van der Waals surface area (Å²) in [7, 11) is 1.54. The molecular formula is C18H20N6O4. The van der Waals surface area contributed by atoms with E-state index in [2.05, 4.69) is 15.1 Å². The van der Waals surface area contributed by atoms with Gasteiger partial charge in [-0.25, -0.2) is 4.79 Å². The van der Waals surface area contributed by atoms with Crippen LogP contribution < -0.4 is 0 Å². The van der Waals surface area contributed by atoms with E-state index in [9.17, 15) is 14.4 Å². The molecule has 2 aliphatic heterocycles. The first-order valence-electron chi connectivity index (χ1n) is 9.10. The summed E-state index contributed by atoms with van der Waals surface area (Å²) in [5, 5.41) is 4.01. The molecule has 2 aromatic heterocycles. The van der Waals surface area contributed by atoms with Crippen molar-refractivity contribution < 1.29 is 18.9 Å². The number of aromatic nitrogens is 3. The third-order valence-corrected chi connectivity index (χ3v) is 5.01. The summed E-state index contributed by atoms with van der Waals surface area (Å²) in [6.45, 7) is 0.762. The highest BCUT2D eigenvalue weighted by molar-refractivity contribution is 6.04. The molecule has 2 fully saturated rings. The highest BCUT2D eigenvalue weighted by atomic mass is 16.5. The summed E-state index contributed by atoms with van der Waals surface area (Å²) < 4.78 is 5.42. The van der Waals surface area contributed by atoms with Crippen molar-refractivity contribution in [1.82, 2.24) is 29.8 Å². The Bertz CT molecular complexity index is 898. The summed E-state index contributed by atoms with van der Waals surface area (Å²) in [5.41, 5.74) is 0.761. The highest BCUT2D eigenvalue weighted by Gasteiger charge is 2.37. The van der Waals surface area contributed by atoms with E-state index in [-0.39, 0.29) is 30.8 Å². The van der Waals surface area contributed by atoms with Crippen molar-refractivity contribution in [3.8, 4) is 11.4 Å². The van der Waals surface area contributed by atoms with Crippen molar-refractivity contribution in [3.63, 3.8) is 0 Å². The molecular weight excluding hydrogens is 364 g/mol. The molecule has 2 aromatic rings. The Morgan fingerprint density at radius 3 is 2.93 bits per heavy atom. The van der Waals surface area contributed by atoms with E-state index < -0.39 is 6.03 Å². The Hall–Kier alpha value is -3.30. The van der Waals surface area contributed by atoms with Crippen molar-refractivity contribution in [2.24, 2.45) is 0 Å². The molecule has 0 spiro atoms. The minimum atomic E-state index is -0.440. The molecule has 0 bridgehead atoms. The second kappa shape index (κ2) is 7.37. The average Bonchev–Trinajstić information content (AvgIpc) is 3.30. The minimum absolute atomic E-state index is 0.00778. The number of likely N-dealkylation sites (tertiary alicyclic amines) is 1. The molecule has 10 nitrogen and oxygen atoms in total. The maximum atomic E-state index is 12.6. The third-order valence-electron chi connectivity index (χ3n) is 5.01. The standard InChI is InChI=1S/C18H20N6O4/c1-22-10-15(26)24(18(22)27)11-14(25)23-7-3-5-13(9-23)17-20-16(21-28-17)12-4-2-6-19-8-12/h2,4,6,8,13H,3,5,7,9-11H2,1H3/t13-/m1/s1. The van der Waals surface area contributed by atoms with Crippen molar-refractivity contribution in [1.29, 1.82) is 0 Å². The van der Waals surface area contributed by atoms with Crippen LogP contribution in [-0.2, 0) is 9.59 Å². The second-order valence-corrected chi connectivity index (χ2v) is 7.00. The Balaban J connectivity index is 1.42. The lowest BCUT2D eigenvalue weighted by Crippen LogP contribution is -2.46. The zero-order chi connectivity index (χ0) is 19.7. The van der Waals surface area contributed by atoms with Gasteiger partial charge in [-0.15, -0.1) is 0 Å². The number of imide groups is 1. The van der Waals surface area contributed by atoms with Gasteiger partial charge in [-0.05, 0) is 25.0 Å². The van der Waals surface area contributed by atoms with E-state index in [1.165, 1.54) is 11.9 Å². The Morgan fingerprint density at radius 2 is 2.21 bits per heavy atom. The van der Waals surface area contributed by atoms with Gasteiger partial charge in [0.25, 0.3) is 5.91 Å². The van der Waals surface area contributed by atoms with Crippen molar-refractivity contribution >= 4 is 17.8 Å². The number of rotatable bonds is 4. The van der Waals surface area contributed by atoms with Crippen LogP contribution in [0.2, 0.25) is 0 Å². The van der Waals surface area contributed by atoms with Gasteiger partial charge in [-0.2, -0.15) is 4.98 Å². The Labute approximate surface area is 161 Å². The topological polar surface area (TPSA) is 113 Å². The summed E-state index contributed by atoms with van der Waals surface area (Å²) >= 11 is 0. The molecule has 4 amide bonds. The SMILES string of the molecule is CN1CC(=O)N(CC(=O)N2CCC[C@@H](c3nc(-c4cccnc4)no3)C2)C1=O. The van der Waals surface area contributed by atoms with Crippen molar-refractivity contribution in [2.75, 3.05) is 33.2 Å². The molecule has 0 unspecified atom stereocenters. The average molecular weight is 384 g/mol. The molecule has 28 heavy (non-hydrogen) atoms. The van der Waals surface area contributed by atoms with E-state index in [1.54, 1.807) is 23.4 Å². The van der Waals surface area contributed by atoms with E-state index in [4.69, 9.17) is 4.52 Å². The molecule has 0 saturated carbocycles. The summed E-state index contributed by atoms with van der Waals surface area (Å²) in [6.07, 6.45) is 4.93. The van der Waals surface area contributed by atoms with E-state index in [0.717, 1.165) is 23.3 Å². The number of nitrogens with zero attached hydrogens (tertiary/aromatic N) is 6. The fraction of sp³-hybridized carbons (Fsp3) is 0.444. The lowest BCUT2D eigenvalue weighted by molar-refractivity contribution is -0.137. The monoisotopic (exact) mass is 384 g/mol. The number of pyridine rings is 1. The van der Waals surface area contributed by atoms with Crippen LogP contribution in [-0.4, -0.2) is 80.9 Å². The Morgan fingerprint density at radius 1 is 1.36 bits per heavy atom. The Kier molecular flexibility index (Phi) is 4.76. The molecule has 10 heteroatoms. The molecule has 4 heterocycles. The normalized spacial score (nSPS) is 20.2. The van der Waals surface area contributed by atoms with Crippen LogP contribution >= 0.6 is 0 Å². The number of carbonyl (C=O) groups is 3. The molecule has 2 saturated heterocycles. The molecule has 0 aromatic carbocycles. The van der Waals surface area contributed by atoms with Gasteiger partial charge in [-0.1, -0.05) is 5.16 Å². The quantitative estimate of drug-likeness (QED) is 0.714. The van der Waals surface area contributed by atoms with Crippen LogP contribution in [0.3, 0.4) is 0 Å². The van der Waals surface area contributed by atoms with Crippen LogP contribution in [0, 0.1) is 0 Å². The zero-order valence-electron chi connectivity index (χ0n) is 15.4. The first-order valence-corrected chi connectivity index (χ1v) is 9.10. The molecule has 2 aliphatic rings. The fourth-order valence-electron chi connectivity index (χ4n) is 3.48. The van der Waals surface area contributed by atoms with Crippen LogP contribution in [0.5, 0.6) is 0 Å². The largest absolute Gasteiger partial charge is 0.340 e. The van der Waals surface area contributed by atoms with Gasteiger partial charge < -0.3 is 14.3 Å². The number of urea groups is 1. The molecule has 0 radical (unpaired) electrons. The second-order valence-electron chi connectivity index (χ2n) is 7.00. The van der Waals surface area contributed by atoms with Crippen LogP contribution in [0.1, 0.15) is 24.7 Å². The number of hydrogen-bond acceptors (Lipinski definition) is 7. The number of carbonyl (C=O) groups excluding carboxylic acids is 3. The number of hydrogen-bond donors (Lipinski definition) is 0. The maximum Gasteiger partial charge on any atom is 0.327 e. The lowest BCUT2D eigenvalue weighted by Gasteiger charge is -2.31. The fourth-order valence-corrected chi connectivity index (χ4v) is 3.48.